The summed E-state index contributed by atoms with van der Waals surface area (Å²) < 4.78 is 25.5. The Morgan fingerprint density at radius 2 is 2.06 bits per heavy atom. The van der Waals surface area contributed by atoms with Crippen molar-refractivity contribution >= 4 is 23.4 Å². The van der Waals surface area contributed by atoms with Gasteiger partial charge in [-0.1, -0.05) is 23.7 Å². The largest absolute Gasteiger partial charge is 0.483 e. The van der Waals surface area contributed by atoms with Gasteiger partial charge in [-0.2, -0.15) is 5.10 Å². The number of anilines is 2. The highest BCUT2D eigenvalue weighted by atomic mass is 35.5. The number of hydrogen-bond acceptors (Lipinski definition) is 7. The Bertz CT molecular complexity index is 1560. The fourth-order valence-corrected chi connectivity index (χ4v) is 4.42. The smallest absolute Gasteiger partial charge is 0.228 e. The summed E-state index contributed by atoms with van der Waals surface area (Å²) in [7, 11) is 1.83. The maximum absolute atomic E-state index is 14.0. The SMILES string of the molecule is Cn1nccc1Nc1ncc(Cl)c(-c2cc3n(c2)CCCn2c(COc4ccccc4F)nnc2-3)n1. The number of aryl methyl sites for hydroxylation is 2. The van der Waals surface area contributed by atoms with Gasteiger partial charge < -0.3 is 19.2 Å². The summed E-state index contributed by atoms with van der Waals surface area (Å²) in [5, 5.41) is 16.5. The van der Waals surface area contributed by atoms with Crippen molar-refractivity contribution in [3.8, 4) is 28.5 Å². The molecule has 1 aliphatic rings. The van der Waals surface area contributed by atoms with Gasteiger partial charge >= 0.3 is 0 Å². The number of nitrogens with zero attached hydrogens (tertiary/aromatic N) is 8. The summed E-state index contributed by atoms with van der Waals surface area (Å²) >= 11 is 6.50. The second-order valence-electron chi connectivity index (χ2n) is 8.33. The lowest BCUT2D eigenvalue weighted by Crippen LogP contribution is -2.08. The number of fused-ring (bicyclic) bond motifs is 3. The highest BCUT2D eigenvalue weighted by Gasteiger charge is 2.23. The Balaban J connectivity index is 1.30. The topological polar surface area (TPSA) is 100 Å². The predicted molar refractivity (Wildman–Crippen MR) is 131 cm³/mol. The molecule has 182 valence electrons. The van der Waals surface area contributed by atoms with Gasteiger partial charge in [-0.3, -0.25) is 4.68 Å². The van der Waals surface area contributed by atoms with Crippen LogP contribution in [0.4, 0.5) is 16.2 Å². The van der Waals surface area contributed by atoms with Crippen molar-refractivity contribution in [3.63, 3.8) is 0 Å². The number of aromatic nitrogens is 8. The van der Waals surface area contributed by atoms with E-state index in [4.69, 9.17) is 16.3 Å². The number of ether oxygens (including phenoxy) is 1. The molecule has 0 radical (unpaired) electrons. The molecular formula is C24H21ClFN9O. The molecule has 1 N–H and O–H groups in total. The Labute approximate surface area is 210 Å². The molecule has 12 heteroatoms. The van der Waals surface area contributed by atoms with Crippen molar-refractivity contribution in [2.45, 2.75) is 26.1 Å². The second kappa shape index (κ2) is 9.08. The predicted octanol–water partition coefficient (Wildman–Crippen LogP) is 4.46. The first kappa shape index (κ1) is 22.2. The van der Waals surface area contributed by atoms with Crippen LogP contribution in [-0.4, -0.2) is 39.1 Å². The molecular weight excluding hydrogens is 485 g/mol. The van der Waals surface area contributed by atoms with Crippen LogP contribution in [0, 0.1) is 5.82 Å². The van der Waals surface area contributed by atoms with Gasteiger partial charge in [0.2, 0.25) is 5.95 Å². The molecule has 1 aromatic carbocycles. The minimum absolute atomic E-state index is 0.113. The molecule has 0 saturated heterocycles. The van der Waals surface area contributed by atoms with Crippen molar-refractivity contribution in [2.75, 3.05) is 5.32 Å². The molecule has 1 aliphatic heterocycles. The van der Waals surface area contributed by atoms with Crippen LogP contribution in [0.2, 0.25) is 5.02 Å². The van der Waals surface area contributed by atoms with Crippen LogP contribution >= 0.6 is 11.6 Å². The van der Waals surface area contributed by atoms with Gasteiger partial charge in [0.25, 0.3) is 0 Å². The van der Waals surface area contributed by atoms with Crippen molar-refractivity contribution in [1.82, 2.24) is 39.1 Å². The fourth-order valence-electron chi connectivity index (χ4n) is 4.22. The lowest BCUT2D eigenvalue weighted by Gasteiger charge is -2.09. The van der Waals surface area contributed by atoms with Crippen LogP contribution in [0.3, 0.4) is 0 Å². The standard InChI is InChI=1S/C24H21ClFN9O/c1-33-20(7-8-28-33)29-24-27-12-16(25)22(30-24)15-11-18-23-32-31-21(35(23)10-4-9-34(18)13-15)14-36-19-6-3-2-5-17(19)26/h2-3,5-8,11-13H,4,9-10,14H2,1H3,(H,27,29,30). The van der Waals surface area contributed by atoms with Crippen LogP contribution in [0.1, 0.15) is 12.2 Å². The number of rotatable bonds is 6. The maximum atomic E-state index is 14.0. The van der Waals surface area contributed by atoms with Crippen molar-refractivity contribution in [2.24, 2.45) is 7.05 Å². The van der Waals surface area contributed by atoms with Crippen LogP contribution in [-0.2, 0) is 26.7 Å². The zero-order valence-corrected chi connectivity index (χ0v) is 20.0. The number of nitrogens with one attached hydrogen (secondary N) is 1. The third-order valence-corrected chi connectivity index (χ3v) is 6.28. The molecule has 10 nitrogen and oxygen atoms in total. The van der Waals surface area contributed by atoms with Gasteiger partial charge in [-0.25, -0.2) is 14.4 Å². The minimum Gasteiger partial charge on any atom is -0.483 e. The monoisotopic (exact) mass is 505 g/mol. The molecule has 0 bridgehead atoms. The van der Waals surface area contributed by atoms with E-state index in [-0.39, 0.29) is 12.4 Å². The van der Waals surface area contributed by atoms with E-state index in [2.05, 4.69) is 35.1 Å². The Morgan fingerprint density at radius 3 is 2.89 bits per heavy atom. The summed E-state index contributed by atoms with van der Waals surface area (Å²) in [4.78, 5) is 8.95. The lowest BCUT2D eigenvalue weighted by atomic mass is 10.2. The highest BCUT2D eigenvalue weighted by molar-refractivity contribution is 6.32. The molecule has 0 saturated carbocycles. The molecule has 5 heterocycles. The molecule has 4 aromatic heterocycles. The van der Waals surface area contributed by atoms with E-state index in [1.54, 1.807) is 35.3 Å². The van der Waals surface area contributed by atoms with Crippen LogP contribution in [0.5, 0.6) is 5.75 Å². The van der Waals surface area contributed by atoms with Gasteiger partial charge in [0.15, 0.2) is 23.2 Å². The van der Waals surface area contributed by atoms with Crippen molar-refractivity contribution < 1.29 is 9.13 Å². The van der Waals surface area contributed by atoms with Gasteiger partial charge in [-0.15, -0.1) is 10.2 Å². The average molecular weight is 506 g/mol. The van der Waals surface area contributed by atoms with Crippen LogP contribution < -0.4 is 10.1 Å². The van der Waals surface area contributed by atoms with E-state index in [0.29, 0.717) is 28.3 Å². The Morgan fingerprint density at radius 1 is 1.17 bits per heavy atom. The third kappa shape index (κ3) is 4.07. The molecule has 5 aromatic rings. The number of hydrogen-bond donors (Lipinski definition) is 1. The normalized spacial score (nSPS) is 12.6. The van der Waals surface area contributed by atoms with E-state index >= 15 is 0 Å². The van der Waals surface area contributed by atoms with Crippen LogP contribution in [0.25, 0.3) is 22.8 Å². The number of halogens is 2. The molecule has 0 atom stereocenters. The Kier molecular flexibility index (Phi) is 5.61. The van der Waals surface area contributed by atoms with Gasteiger partial charge in [-0.05, 0) is 24.6 Å². The molecule has 0 fully saturated rings. The van der Waals surface area contributed by atoms with Crippen molar-refractivity contribution in [1.29, 1.82) is 0 Å². The van der Waals surface area contributed by atoms with E-state index in [9.17, 15) is 4.39 Å². The molecule has 0 unspecified atom stereocenters. The van der Waals surface area contributed by atoms with Gasteiger partial charge in [0, 0.05) is 38.0 Å². The van der Waals surface area contributed by atoms with Crippen LogP contribution in [0.15, 0.2) is 55.0 Å². The lowest BCUT2D eigenvalue weighted by molar-refractivity contribution is 0.274. The average Bonchev–Trinajstić information content (AvgIpc) is 3.56. The summed E-state index contributed by atoms with van der Waals surface area (Å²) in [5.74, 6) is 2.29. The number of benzene rings is 1. The number of para-hydroxylation sites is 1. The quantitative estimate of drug-likeness (QED) is 0.363. The minimum atomic E-state index is -0.411. The summed E-state index contributed by atoms with van der Waals surface area (Å²) in [6.45, 7) is 1.62. The first-order chi connectivity index (χ1) is 17.6. The summed E-state index contributed by atoms with van der Waals surface area (Å²) in [6, 6.07) is 10.1. The maximum Gasteiger partial charge on any atom is 0.228 e. The zero-order chi connectivity index (χ0) is 24.6. The van der Waals surface area contributed by atoms with Gasteiger partial charge in [0.1, 0.15) is 12.4 Å². The third-order valence-electron chi connectivity index (χ3n) is 6.01. The van der Waals surface area contributed by atoms with E-state index in [1.807, 2.05) is 29.9 Å². The molecule has 36 heavy (non-hydrogen) atoms. The first-order valence-corrected chi connectivity index (χ1v) is 11.7. The second-order valence-corrected chi connectivity index (χ2v) is 8.73. The summed E-state index contributed by atoms with van der Waals surface area (Å²) in [5.41, 5.74) is 2.33. The van der Waals surface area contributed by atoms with Crippen molar-refractivity contribution in [3.05, 3.63) is 71.7 Å². The van der Waals surface area contributed by atoms with Gasteiger partial charge in [0.05, 0.1) is 28.8 Å². The zero-order valence-electron chi connectivity index (χ0n) is 19.3. The molecule has 6 rings (SSSR count). The fraction of sp³-hybridized carbons (Fsp3) is 0.208. The molecule has 0 spiro atoms. The van der Waals surface area contributed by atoms with E-state index in [1.165, 1.54) is 6.07 Å². The molecule has 0 aliphatic carbocycles. The summed E-state index contributed by atoms with van der Waals surface area (Å²) in [6.07, 6.45) is 6.14. The first-order valence-electron chi connectivity index (χ1n) is 11.3. The Hall–Kier alpha value is -4.25. The highest BCUT2D eigenvalue weighted by Crippen LogP contribution is 2.33. The molecule has 0 amide bonds. The van der Waals surface area contributed by atoms with E-state index < -0.39 is 5.82 Å². The van der Waals surface area contributed by atoms with E-state index in [0.717, 1.165) is 36.6 Å².